The van der Waals surface area contributed by atoms with E-state index in [1.165, 1.54) is 18.2 Å². The molecule has 0 fully saturated rings. The summed E-state index contributed by atoms with van der Waals surface area (Å²) in [7, 11) is 0. The number of rotatable bonds is 1. The summed E-state index contributed by atoms with van der Waals surface area (Å²) in [5.74, 6) is -2.12. The van der Waals surface area contributed by atoms with Crippen molar-refractivity contribution < 1.29 is 37.1 Å². The fourth-order valence-corrected chi connectivity index (χ4v) is 0.626. The molecule has 2 radical (unpaired) electrons. The van der Waals surface area contributed by atoms with Crippen LogP contribution in [-0.2, 0) is 0 Å². The summed E-state index contributed by atoms with van der Waals surface area (Å²) in [6, 6.07) is 8.07. The summed E-state index contributed by atoms with van der Waals surface area (Å²) in [5.41, 5.74) is -0.121. The van der Waals surface area contributed by atoms with E-state index >= 15 is 0 Å². The monoisotopic (exact) mass is 201 g/mol. The third kappa shape index (κ3) is 5.97. The average molecular weight is 201 g/mol. The molecule has 2 nitrogen and oxygen atoms in total. The van der Waals surface area contributed by atoms with Crippen LogP contribution >= 0.6 is 0 Å². The summed E-state index contributed by atoms with van der Waals surface area (Å²) >= 11 is 0. The van der Waals surface area contributed by atoms with Crippen LogP contribution in [0.25, 0.3) is 0 Å². The van der Waals surface area contributed by atoms with Gasteiger partial charge in [0.1, 0.15) is 0 Å². The molecule has 0 atom stereocenters. The van der Waals surface area contributed by atoms with Crippen molar-refractivity contribution in [2.24, 2.45) is 4.99 Å². The van der Waals surface area contributed by atoms with Gasteiger partial charge in [-0.3, -0.25) is 4.99 Å². The Balaban J connectivity index is 0. The zero-order chi connectivity index (χ0) is 9.90. The van der Waals surface area contributed by atoms with Crippen LogP contribution in [0, 0.1) is 6.07 Å². The van der Waals surface area contributed by atoms with Gasteiger partial charge in [0.2, 0.25) is 0 Å². The smallest absolute Gasteiger partial charge is 0.855 e. The second-order valence-corrected chi connectivity index (χ2v) is 2.16. The van der Waals surface area contributed by atoms with E-state index in [2.05, 4.69) is 11.1 Å². The molecule has 15 heavy (non-hydrogen) atoms. The number of para-hydroxylation sites is 1. The molecule has 0 bridgehead atoms. The van der Waals surface area contributed by atoms with E-state index in [0.29, 0.717) is 0 Å². The predicted molar refractivity (Wildman–Crippen MR) is 44.2 cm³/mol. The average Bonchev–Trinajstić information content (AvgIpc) is 2.04. The molecule has 0 unspecified atom stereocenters. The summed E-state index contributed by atoms with van der Waals surface area (Å²) in [5, 5.41) is 10.3. The zero-order valence-corrected chi connectivity index (χ0v) is 8.30. The van der Waals surface area contributed by atoms with Crippen LogP contribution < -0.4 is 24.0 Å². The third-order valence-corrected chi connectivity index (χ3v) is 1.16. The van der Waals surface area contributed by atoms with Crippen LogP contribution in [0.15, 0.2) is 29.3 Å². The standard InChI is InChI=1S/C8H5F3NO.2Li/c9-8(10,11)7(13)12-6-4-2-1-3-5-6;;/h1-4H,(H,12,13);;/q;;+1/p-1. The van der Waals surface area contributed by atoms with Crippen molar-refractivity contribution in [1.82, 2.24) is 0 Å². The van der Waals surface area contributed by atoms with E-state index in [1.54, 1.807) is 6.07 Å². The Morgan fingerprint density at radius 2 is 1.93 bits per heavy atom. The number of hydrogen-bond donors (Lipinski definition) is 0. The molecule has 0 amide bonds. The molecule has 0 N–H and O–H groups in total. The Kier molecular flexibility index (Phi) is 8.01. The van der Waals surface area contributed by atoms with E-state index in [4.69, 9.17) is 0 Å². The van der Waals surface area contributed by atoms with Crippen molar-refractivity contribution in [3.05, 3.63) is 30.3 Å². The molecule has 0 saturated carbocycles. The number of nitrogens with zero attached hydrogens (tertiary/aromatic N) is 1. The maximum atomic E-state index is 11.7. The first-order valence-corrected chi connectivity index (χ1v) is 3.30. The number of halogens is 3. The molecule has 0 aliphatic heterocycles. The van der Waals surface area contributed by atoms with Crippen LogP contribution in [-0.4, -0.2) is 30.9 Å². The Morgan fingerprint density at radius 3 is 2.33 bits per heavy atom. The molecule has 0 spiro atoms. The topological polar surface area (TPSA) is 35.4 Å². The minimum absolute atomic E-state index is 0. The minimum atomic E-state index is -4.91. The normalized spacial score (nSPS) is 11.3. The molecule has 1 aromatic rings. The second-order valence-electron chi connectivity index (χ2n) is 2.16. The van der Waals surface area contributed by atoms with Crippen molar-refractivity contribution in [3.63, 3.8) is 0 Å². The molecule has 0 aliphatic carbocycles. The molecule has 7 heteroatoms. The SMILES string of the molecule is [Li+].[Li].[O-]C(=Nc1[c]cccc1)C(F)(F)F. The van der Waals surface area contributed by atoms with Crippen LogP contribution in [0.2, 0.25) is 0 Å². The Bertz CT molecular complexity index is 313. The number of benzene rings is 1. The zero-order valence-electron chi connectivity index (χ0n) is 8.30. The molecular formula is C8H4F3Li2NO. The molecule has 0 saturated heterocycles. The fraction of sp³-hybridized carbons (Fsp3) is 0.125. The molecule has 0 aliphatic rings. The molecule has 1 aromatic carbocycles. The Hall–Kier alpha value is -0.325. The maximum Gasteiger partial charge on any atom is 1.00 e. The van der Waals surface area contributed by atoms with Gasteiger partial charge in [-0.05, 0) is 6.07 Å². The second kappa shape index (κ2) is 7.03. The fourth-order valence-electron chi connectivity index (χ4n) is 0.626. The third-order valence-electron chi connectivity index (χ3n) is 1.16. The molecule has 1 rings (SSSR count). The van der Waals surface area contributed by atoms with Crippen molar-refractivity contribution in [2.75, 3.05) is 0 Å². The van der Waals surface area contributed by atoms with Gasteiger partial charge in [-0.15, -0.1) is 0 Å². The van der Waals surface area contributed by atoms with Gasteiger partial charge in [-0.25, -0.2) is 0 Å². The minimum Gasteiger partial charge on any atom is -0.855 e. The van der Waals surface area contributed by atoms with Gasteiger partial charge in [0, 0.05) is 24.9 Å². The van der Waals surface area contributed by atoms with Crippen LogP contribution in [0.5, 0.6) is 0 Å². The van der Waals surface area contributed by atoms with Gasteiger partial charge in [0.15, 0.2) is 0 Å². The van der Waals surface area contributed by atoms with E-state index in [0.717, 1.165) is 0 Å². The van der Waals surface area contributed by atoms with Crippen molar-refractivity contribution in [2.45, 2.75) is 6.18 Å². The molecule has 70 valence electrons. The molecule has 0 aromatic heterocycles. The van der Waals surface area contributed by atoms with Crippen LogP contribution in [0.4, 0.5) is 18.9 Å². The Morgan fingerprint density at radius 1 is 1.33 bits per heavy atom. The van der Waals surface area contributed by atoms with Crippen LogP contribution in [0.1, 0.15) is 0 Å². The maximum absolute atomic E-state index is 11.7. The number of alkyl halides is 3. The van der Waals surface area contributed by atoms with Gasteiger partial charge in [-0.1, -0.05) is 18.2 Å². The quantitative estimate of drug-likeness (QED) is 0.296. The van der Waals surface area contributed by atoms with E-state index in [9.17, 15) is 18.3 Å². The van der Waals surface area contributed by atoms with E-state index < -0.39 is 12.1 Å². The van der Waals surface area contributed by atoms with E-state index in [-0.39, 0.29) is 43.4 Å². The van der Waals surface area contributed by atoms with Gasteiger partial charge in [0.25, 0.3) is 0 Å². The molecule has 0 heterocycles. The van der Waals surface area contributed by atoms with Crippen molar-refractivity contribution in [3.8, 4) is 0 Å². The summed E-state index contributed by atoms with van der Waals surface area (Å²) < 4.78 is 35.0. The number of hydrogen-bond acceptors (Lipinski definition) is 2. The largest absolute Gasteiger partial charge is 1.00 e. The van der Waals surface area contributed by atoms with E-state index in [1.807, 2.05) is 0 Å². The van der Waals surface area contributed by atoms with Crippen LogP contribution in [0.3, 0.4) is 0 Å². The molecular weight excluding hydrogens is 197 g/mol. The van der Waals surface area contributed by atoms with Crippen molar-refractivity contribution in [1.29, 1.82) is 0 Å². The summed E-state index contributed by atoms with van der Waals surface area (Å²) in [4.78, 5) is 2.81. The summed E-state index contributed by atoms with van der Waals surface area (Å²) in [6.07, 6.45) is -4.91. The summed E-state index contributed by atoms with van der Waals surface area (Å²) in [6.45, 7) is 0. The van der Waals surface area contributed by atoms with Gasteiger partial charge >= 0.3 is 25.0 Å². The predicted octanol–water partition coefficient (Wildman–Crippen LogP) is -1.94. The first-order chi connectivity index (χ1) is 6.00. The van der Waals surface area contributed by atoms with Crippen molar-refractivity contribution >= 4 is 30.4 Å². The van der Waals surface area contributed by atoms with Gasteiger partial charge in [-0.2, -0.15) is 13.2 Å². The Labute approximate surface area is 109 Å². The number of aliphatic imine (C=N–C) groups is 1. The van der Waals surface area contributed by atoms with Gasteiger partial charge in [0.05, 0.1) is 11.6 Å². The first-order valence-electron chi connectivity index (χ1n) is 3.30. The first kappa shape index (κ1) is 17.1. The van der Waals surface area contributed by atoms with Gasteiger partial charge < -0.3 is 5.11 Å².